The Morgan fingerprint density at radius 3 is 2.43 bits per heavy atom. The number of carbonyl (C=O) groups is 4. The fourth-order valence-corrected chi connectivity index (χ4v) is 6.08. The number of alkyl carbamates (subject to hydrolysis) is 1. The van der Waals surface area contributed by atoms with Crippen molar-refractivity contribution in [1.29, 1.82) is 0 Å². The summed E-state index contributed by atoms with van der Waals surface area (Å²) in [5.74, 6) is 0.125. The van der Waals surface area contributed by atoms with Gasteiger partial charge in [0.25, 0.3) is 0 Å². The van der Waals surface area contributed by atoms with E-state index in [1.54, 1.807) is 47.8 Å². The minimum absolute atomic E-state index is 0.0411. The van der Waals surface area contributed by atoms with Gasteiger partial charge in [0.1, 0.15) is 35.2 Å². The van der Waals surface area contributed by atoms with Crippen LogP contribution < -0.4 is 20.1 Å². The van der Waals surface area contributed by atoms with Crippen LogP contribution in [0.5, 0.6) is 11.5 Å². The lowest BCUT2D eigenvalue weighted by molar-refractivity contribution is -0.154. The topological polar surface area (TPSA) is 145 Å². The Morgan fingerprint density at radius 2 is 1.86 bits per heavy atom. The maximum atomic E-state index is 14.4. The van der Waals surface area contributed by atoms with Crippen molar-refractivity contribution in [3.05, 3.63) is 55.0 Å². The summed E-state index contributed by atoms with van der Waals surface area (Å²) in [7, 11) is 1.60. The highest BCUT2D eigenvalue weighted by molar-refractivity contribution is 5.95. The van der Waals surface area contributed by atoms with Gasteiger partial charge in [-0.3, -0.25) is 14.6 Å². The van der Waals surface area contributed by atoms with Gasteiger partial charge in [0.05, 0.1) is 31.5 Å². The first kappa shape index (κ1) is 37.2. The molecule has 3 amide bonds. The molecule has 2 N–H and O–H groups in total. The second-order valence-corrected chi connectivity index (χ2v) is 13.9. The largest absolute Gasteiger partial charge is 0.497 e. The molecule has 0 spiro atoms. The van der Waals surface area contributed by atoms with Crippen LogP contribution >= 0.6 is 0 Å². The number of nitrogens with zero attached hydrogens (tertiary/aromatic N) is 2. The number of methoxy groups -OCH3 is 1. The summed E-state index contributed by atoms with van der Waals surface area (Å²) >= 11 is 0. The molecule has 2 heterocycles. The summed E-state index contributed by atoms with van der Waals surface area (Å²) in [5.41, 5.74) is -0.519. The van der Waals surface area contributed by atoms with Gasteiger partial charge in [0.2, 0.25) is 11.8 Å². The van der Waals surface area contributed by atoms with Gasteiger partial charge >= 0.3 is 12.1 Å². The van der Waals surface area contributed by atoms with Gasteiger partial charge in [-0.05, 0) is 57.1 Å². The van der Waals surface area contributed by atoms with Gasteiger partial charge in [-0.25, -0.2) is 9.59 Å². The second kappa shape index (κ2) is 15.3. The van der Waals surface area contributed by atoms with Crippen LogP contribution in [0.2, 0.25) is 0 Å². The maximum absolute atomic E-state index is 14.4. The number of nitrogens with one attached hydrogen (secondary N) is 2. The molecule has 1 aliphatic heterocycles. The van der Waals surface area contributed by atoms with Crippen molar-refractivity contribution >= 4 is 34.8 Å². The third-order valence-corrected chi connectivity index (χ3v) is 8.90. The van der Waals surface area contributed by atoms with E-state index in [4.69, 9.17) is 23.9 Å². The minimum atomic E-state index is -1.38. The van der Waals surface area contributed by atoms with Crippen molar-refractivity contribution in [2.24, 2.45) is 5.41 Å². The van der Waals surface area contributed by atoms with E-state index < -0.39 is 53.0 Å². The van der Waals surface area contributed by atoms with Crippen LogP contribution in [-0.4, -0.2) is 77.7 Å². The van der Waals surface area contributed by atoms with Crippen molar-refractivity contribution in [3.8, 4) is 11.5 Å². The number of fused-ring (bicyclic) bond motifs is 1. The Balaban J connectivity index is 1.72. The van der Waals surface area contributed by atoms with Crippen molar-refractivity contribution in [3.63, 3.8) is 0 Å². The summed E-state index contributed by atoms with van der Waals surface area (Å²) in [6.45, 7) is 18.0. The Bertz CT molecular complexity index is 1600. The van der Waals surface area contributed by atoms with E-state index in [1.807, 2.05) is 24.3 Å². The monoisotopic (exact) mass is 678 g/mol. The molecule has 1 saturated carbocycles. The fraction of sp³-hybridized carbons (Fsp3) is 0.541. The molecule has 266 valence electrons. The summed E-state index contributed by atoms with van der Waals surface area (Å²) in [4.78, 5) is 60.9. The van der Waals surface area contributed by atoms with E-state index >= 15 is 0 Å². The average Bonchev–Trinajstić information content (AvgIpc) is 3.81. The quantitative estimate of drug-likeness (QED) is 0.149. The van der Waals surface area contributed by atoms with Crippen molar-refractivity contribution in [2.45, 2.75) is 103 Å². The maximum Gasteiger partial charge on any atom is 0.412 e. The van der Waals surface area contributed by atoms with Crippen molar-refractivity contribution in [1.82, 2.24) is 20.5 Å². The second-order valence-electron chi connectivity index (χ2n) is 13.9. The number of allylic oxidation sites excluding steroid dienone is 1. The summed E-state index contributed by atoms with van der Waals surface area (Å²) in [6.07, 6.45) is 2.67. The molecule has 0 unspecified atom stereocenters. The minimum Gasteiger partial charge on any atom is -0.497 e. The van der Waals surface area contributed by atoms with Gasteiger partial charge in [0.15, 0.2) is 0 Å². The Hall–Kier alpha value is -4.61. The predicted molar refractivity (Wildman–Crippen MR) is 185 cm³/mol. The van der Waals surface area contributed by atoms with Crippen LogP contribution in [0.25, 0.3) is 10.9 Å². The third-order valence-electron chi connectivity index (χ3n) is 8.90. The molecular formula is C37H50N4O8. The molecule has 4 rings (SSSR count). The van der Waals surface area contributed by atoms with Crippen molar-refractivity contribution in [2.75, 3.05) is 20.3 Å². The molecule has 0 radical (unpaired) electrons. The molecule has 1 aromatic carbocycles. The summed E-state index contributed by atoms with van der Waals surface area (Å²) < 4.78 is 22.5. The van der Waals surface area contributed by atoms with Gasteiger partial charge in [0, 0.05) is 35.6 Å². The SMILES string of the molecule is C=CC[C@@](CC)(NC(=O)[C@@H]1C[C@@H](Oc2cc(C3CC3)nc3cc(OC)ccc23)CN1C(=O)[C@@H](NC(=O)OC(=C)C)C(C)(C)C)C(=O)OCC. The zero-order chi connectivity index (χ0) is 36.1. The molecule has 0 bridgehead atoms. The predicted octanol–water partition coefficient (Wildman–Crippen LogP) is 5.55. The van der Waals surface area contributed by atoms with E-state index in [0.29, 0.717) is 17.4 Å². The van der Waals surface area contributed by atoms with Crippen LogP contribution in [0.1, 0.15) is 85.3 Å². The Morgan fingerprint density at radius 1 is 1.14 bits per heavy atom. The Labute approximate surface area is 288 Å². The van der Waals surface area contributed by atoms with Crippen LogP contribution in [0.3, 0.4) is 0 Å². The van der Waals surface area contributed by atoms with Crippen LogP contribution in [-0.2, 0) is 23.9 Å². The molecule has 12 heteroatoms. The molecule has 1 saturated heterocycles. The number of esters is 1. The first-order chi connectivity index (χ1) is 23.2. The highest BCUT2D eigenvalue weighted by atomic mass is 16.6. The molecule has 12 nitrogen and oxygen atoms in total. The highest BCUT2D eigenvalue weighted by Gasteiger charge is 2.48. The average molecular weight is 679 g/mol. The molecule has 2 aliphatic rings. The smallest absolute Gasteiger partial charge is 0.412 e. The number of ether oxygens (including phenoxy) is 4. The van der Waals surface area contributed by atoms with E-state index in [2.05, 4.69) is 23.8 Å². The number of amides is 3. The molecule has 49 heavy (non-hydrogen) atoms. The molecule has 1 aromatic heterocycles. The lowest BCUT2D eigenvalue weighted by Crippen LogP contribution is -2.61. The number of aromatic nitrogens is 1. The zero-order valence-corrected chi connectivity index (χ0v) is 29.7. The van der Waals surface area contributed by atoms with Gasteiger partial charge in [-0.1, -0.05) is 40.3 Å². The van der Waals surface area contributed by atoms with Gasteiger partial charge in [-0.15, -0.1) is 6.58 Å². The number of carbonyl (C=O) groups excluding carboxylic acids is 4. The van der Waals surface area contributed by atoms with Gasteiger partial charge < -0.3 is 34.5 Å². The van der Waals surface area contributed by atoms with Crippen molar-refractivity contribution < 1.29 is 38.1 Å². The molecular weight excluding hydrogens is 628 g/mol. The summed E-state index contributed by atoms with van der Waals surface area (Å²) in [6, 6.07) is 5.40. The van der Waals surface area contributed by atoms with Crippen LogP contribution in [0.15, 0.2) is 49.3 Å². The molecule has 2 aromatic rings. The van der Waals surface area contributed by atoms with Gasteiger partial charge in [-0.2, -0.15) is 0 Å². The number of hydrogen-bond donors (Lipinski definition) is 2. The third kappa shape index (κ3) is 8.71. The summed E-state index contributed by atoms with van der Waals surface area (Å²) in [5, 5.41) is 6.36. The van der Waals surface area contributed by atoms with E-state index in [0.717, 1.165) is 29.4 Å². The lowest BCUT2D eigenvalue weighted by Gasteiger charge is -2.36. The number of hydrogen-bond acceptors (Lipinski definition) is 9. The normalized spacial score (nSPS) is 19.3. The molecule has 2 fully saturated rings. The van der Waals surface area contributed by atoms with E-state index in [1.165, 1.54) is 11.8 Å². The van der Waals surface area contributed by atoms with Crippen LogP contribution in [0, 0.1) is 5.41 Å². The number of benzene rings is 1. The molecule has 1 aliphatic carbocycles. The fourth-order valence-electron chi connectivity index (χ4n) is 6.08. The van der Waals surface area contributed by atoms with E-state index in [-0.39, 0.29) is 38.2 Å². The zero-order valence-electron chi connectivity index (χ0n) is 29.7. The molecule has 4 atom stereocenters. The lowest BCUT2D eigenvalue weighted by atomic mass is 9.85. The highest BCUT2D eigenvalue weighted by Crippen LogP contribution is 2.42. The Kier molecular flexibility index (Phi) is 11.6. The first-order valence-corrected chi connectivity index (χ1v) is 16.9. The standard InChI is InChI=1S/C37H50N4O8/c1-10-17-37(11-2,34(44)47-12-3)40-32(42)29-19-25(21-41(29)33(43)31(36(6,7)8)39-35(45)48-22(4)5)49-30-20-27(23-13-14-23)38-28-18-24(46-9)15-16-26(28)30/h10,15-16,18,20,23,25,29,31H,1,4,11-14,17,19,21H2,2-3,5-9H3,(H,39,45)(H,40,42)/t25-,29+,31-,37-/m1/s1. The number of pyridine rings is 1. The number of likely N-dealkylation sites (tertiary alicyclic amines) is 1. The first-order valence-electron chi connectivity index (χ1n) is 16.9. The van der Waals surface area contributed by atoms with E-state index in [9.17, 15) is 19.2 Å². The van der Waals surface area contributed by atoms with Crippen LogP contribution in [0.4, 0.5) is 4.79 Å². The number of rotatable bonds is 14.